The molecule has 648 valence electrons. The number of nitro benzene ring substituents is 2. The van der Waals surface area contributed by atoms with Crippen molar-refractivity contribution in [3.05, 3.63) is 245 Å². The first-order valence-corrected chi connectivity index (χ1v) is 45.2. The fourth-order valence-corrected chi connectivity index (χ4v) is 18.7. The Kier molecular flexibility index (Phi) is 28.8. The van der Waals surface area contributed by atoms with E-state index in [4.69, 9.17) is 42.1 Å². The Morgan fingerprint density at radius 2 is 1.02 bits per heavy atom. The van der Waals surface area contributed by atoms with Crippen LogP contribution in [0, 0.1) is 42.9 Å². The minimum Gasteiger partial charge on any atom is -0.755 e. The first-order valence-electron chi connectivity index (χ1n) is 41.9. The highest BCUT2D eigenvalue weighted by molar-refractivity contribution is 7.90. The average Bonchev–Trinajstić information content (AvgIpc) is 1.42. The van der Waals surface area contributed by atoms with E-state index in [0.29, 0.717) is 77.3 Å². The van der Waals surface area contributed by atoms with Gasteiger partial charge in [-0.2, -0.15) is 0 Å². The number of H-pyrrole nitrogens is 2. The molecule has 0 bridgehead atoms. The molecule has 123 heavy (non-hydrogen) atoms. The third kappa shape index (κ3) is 23.5. The number of allylic oxidation sites excluding steroid dienone is 2. The largest absolute Gasteiger partial charge is 0.755 e. The number of carboxylic acids is 1. The molecule has 1 unspecified atom stereocenters. The summed E-state index contributed by atoms with van der Waals surface area (Å²) in [4.78, 5) is 72.1. The van der Waals surface area contributed by atoms with Crippen molar-refractivity contribution in [3.63, 3.8) is 0 Å². The Bertz CT molecular complexity index is 5680. The summed E-state index contributed by atoms with van der Waals surface area (Å²) in [7, 11) is -4.52. The van der Waals surface area contributed by atoms with E-state index in [9.17, 15) is 52.1 Å². The van der Waals surface area contributed by atoms with E-state index in [0.717, 1.165) is 193 Å². The number of pyridine rings is 2. The van der Waals surface area contributed by atoms with Gasteiger partial charge in [-0.3, -0.25) is 39.0 Å². The van der Waals surface area contributed by atoms with Gasteiger partial charge in [0.15, 0.2) is 0 Å². The maximum absolute atomic E-state index is 13.9. The van der Waals surface area contributed by atoms with Crippen LogP contribution in [0.3, 0.4) is 0 Å². The van der Waals surface area contributed by atoms with Crippen molar-refractivity contribution in [3.8, 4) is 23.0 Å². The lowest BCUT2D eigenvalue weighted by Gasteiger charge is -2.39. The van der Waals surface area contributed by atoms with Crippen molar-refractivity contribution in [1.82, 2.24) is 34.5 Å². The number of aromatic carboxylic acids is 1. The van der Waals surface area contributed by atoms with Crippen molar-refractivity contribution in [2.24, 2.45) is 22.7 Å². The van der Waals surface area contributed by atoms with Crippen LogP contribution in [0.1, 0.15) is 148 Å². The molecule has 5 N–H and O–H groups in total. The monoisotopic (exact) mass is 1750 g/mol. The summed E-state index contributed by atoms with van der Waals surface area (Å²) in [6, 6.07) is 42.5. The number of aromatic amines is 2. The van der Waals surface area contributed by atoms with Gasteiger partial charge in [-0.15, -0.1) is 0 Å². The molecule has 6 aromatic carbocycles. The number of carbonyl (C=O) groups excluding carboxylic acids is 1. The molecular weight excluding hydrogens is 1650 g/mol. The zero-order valence-corrected chi connectivity index (χ0v) is 72.6. The molecule has 27 nitrogen and oxygen atoms in total. The van der Waals surface area contributed by atoms with Crippen LogP contribution in [0.2, 0.25) is 10.0 Å². The number of rotatable bonds is 26. The van der Waals surface area contributed by atoms with Crippen LogP contribution in [0.5, 0.6) is 23.0 Å². The van der Waals surface area contributed by atoms with Gasteiger partial charge in [0.05, 0.1) is 38.4 Å². The number of fused-ring (bicyclic) bond motifs is 2. The van der Waals surface area contributed by atoms with E-state index in [-0.39, 0.29) is 44.2 Å². The number of aromatic nitrogens is 4. The van der Waals surface area contributed by atoms with Crippen LogP contribution < -0.4 is 28.7 Å². The van der Waals surface area contributed by atoms with E-state index in [2.05, 4.69) is 101 Å². The number of aryl methyl sites for hydroxylation is 2. The van der Waals surface area contributed by atoms with Gasteiger partial charge in [0, 0.05) is 183 Å². The number of anilines is 3. The predicted octanol–water partition coefficient (Wildman–Crippen LogP) is 18.8. The number of carbonyl (C=O) groups is 2. The number of piperazine rings is 2. The summed E-state index contributed by atoms with van der Waals surface area (Å²) >= 11 is 9.94. The van der Waals surface area contributed by atoms with Crippen molar-refractivity contribution >= 4 is 118 Å². The van der Waals surface area contributed by atoms with Crippen LogP contribution in [0.25, 0.3) is 33.2 Å². The highest BCUT2D eigenvalue weighted by atomic mass is 35.5. The van der Waals surface area contributed by atoms with E-state index < -0.39 is 43.0 Å². The summed E-state index contributed by atoms with van der Waals surface area (Å²) < 4.78 is 75.9. The molecule has 4 fully saturated rings. The molecule has 4 aliphatic heterocycles. The Hall–Kier alpha value is -10.6. The minimum absolute atomic E-state index is 0.0235. The van der Waals surface area contributed by atoms with Crippen molar-refractivity contribution in [2.75, 3.05) is 106 Å². The smallest absolute Gasteiger partial charge is 0.339 e. The molecule has 2 aliphatic carbocycles. The normalized spacial score (nSPS) is 17.7. The Balaban J connectivity index is 0.000000170. The van der Waals surface area contributed by atoms with Gasteiger partial charge in [0.1, 0.15) is 39.9 Å². The van der Waals surface area contributed by atoms with Gasteiger partial charge in [-0.25, -0.2) is 27.9 Å². The van der Waals surface area contributed by atoms with Crippen LogP contribution in [0.4, 0.5) is 28.4 Å². The highest BCUT2D eigenvalue weighted by Gasteiger charge is 2.34. The summed E-state index contributed by atoms with van der Waals surface area (Å²) in [5.41, 5.74) is 13.2. The van der Waals surface area contributed by atoms with E-state index in [1.165, 1.54) is 64.2 Å². The quantitative estimate of drug-likeness (QED) is 0.0191. The first kappa shape index (κ1) is 88.7. The van der Waals surface area contributed by atoms with Crippen LogP contribution in [-0.2, 0) is 43.6 Å². The zero-order valence-electron chi connectivity index (χ0n) is 69.4. The van der Waals surface area contributed by atoms with Crippen LogP contribution >= 0.6 is 23.2 Å². The van der Waals surface area contributed by atoms with Gasteiger partial charge in [-0.05, 0) is 220 Å². The fourth-order valence-electron chi connectivity index (χ4n) is 17.2. The molecule has 0 saturated carbocycles. The van der Waals surface area contributed by atoms with E-state index in [1.54, 1.807) is 54.9 Å². The molecule has 10 aromatic rings. The lowest BCUT2D eigenvalue weighted by atomic mass is 9.72. The molecule has 4 saturated heterocycles. The third-order valence-electron chi connectivity index (χ3n) is 24.3. The zero-order chi connectivity index (χ0) is 86.5. The summed E-state index contributed by atoms with van der Waals surface area (Å²) in [5, 5.41) is 36.2. The summed E-state index contributed by atoms with van der Waals surface area (Å²) in [6.45, 7) is 20.8. The Morgan fingerprint density at radius 1 is 0.585 bits per heavy atom. The number of ether oxygens (including phenoxy) is 4. The topological polar surface area (TPSA) is 346 Å². The highest BCUT2D eigenvalue weighted by Crippen LogP contribution is 2.46. The van der Waals surface area contributed by atoms with Crippen molar-refractivity contribution in [1.29, 1.82) is 0 Å². The number of carboxylic acid groups (broad SMARTS) is 1. The van der Waals surface area contributed by atoms with E-state index >= 15 is 0 Å². The maximum Gasteiger partial charge on any atom is 0.339 e. The van der Waals surface area contributed by atoms with Gasteiger partial charge in [0.25, 0.3) is 27.3 Å². The molecule has 8 heterocycles. The van der Waals surface area contributed by atoms with Crippen molar-refractivity contribution < 1.29 is 60.7 Å². The predicted molar refractivity (Wildman–Crippen MR) is 479 cm³/mol. The minimum atomic E-state index is -4.52. The number of halogens is 2. The number of nitro groups is 2. The molecule has 0 radical (unpaired) electrons. The number of hydrogen-bond acceptors (Lipinski definition) is 20. The second kappa shape index (κ2) is 39.9. The number of hydrogen-bond donors (Lipinski definition) is 5. The van der Waals surface area contributed by atoms with Gasteiger partial charge in [-0.1, -0.05) is 98.4 Å². The molecule has 4 aromatic heterocycles. The van der Waals surface area contributed by atoms with Gasteiger partial charge < -0.3 is 53.1 Å². The second-order valence-electron chi connectivity index (χ2n) is 34.0. The lowest BCUT2D eigenvalue weighted by Crippen LogP contribution is -2.47. The number of sulfonamides is 1. The molecular formula is C92H103Cl2N12O15S2-. The molecule has 16 rings (SSSR count). The molecule has 0 spiro atoms. The van der Waals surface area contributed by atoms with Crippen LogP contribution in [-0.4, -0.2) is 166 Å². The molecule has 31 heteroatoms. The molecule has 1 atom stereocenters. The lowest BCUT2D eigenvalue weighted by molar-refractivity contribution is -0.385. The Labute approximate surface area is 728 Å². The SMILES string of the molecule is CC1(C)CCC(CN2CCN(c3ccc(C(=O)NS(=O)(=O)c4ccc(CCC5CCOCC5)c([N+](=O)[O-])c4)c(Oc4cnc5[nH]ccc5c4)c3)CC2)=C(c2ccc(Cl)cc2)C1.CC1(C)CCC(CN2CCN(c3ccc(C(=O)O)c(Oc4cnc5[nH]ccc5c4)c3)CC2)=C(c2ccc(Cl)cc2)C1.O=[N+]([O-])c1cc(NS(=O)[O-])ccc1CCC1CCOCC1. The maximum atomic E-state index is 13.9. The number of nitrogens with one attached hydrogen (secondary N) is 4. The Morgan fingerprint density at radius 3 is 1.47 bits per heavy atom. The molecule has 1 amide bonds. The van der Waals surface area contributed by atoms with Crippen molar-refractivity contribution in [2.45, 2.75) is 122 Å². The number of amides is 1. The average molecular weight is 1750 g/mol. The summed E-state index contributed by atoms with van der Waals surface area (Å²) in [5.74, 6) is 0.279. The second-order valence-corrected chi connectivity index (χ2v) is 37.3. The molecule has 6 aliphatic rings. The standard InChI is InChI=1S/C46H51ClN6O7S.C33H35ClN4O3.C13H18N2O5S/c1-46(2)17-13-35(41(28-46)32-5-8-36(47)9-6-32)30-51-19-21-52(22-20-51)37-10-12-40(43(26-37)60-38-25-34-14-18-48-44(34)49-29-38)45(54)50-61(57,58)39-11-7-33(42(27-39)53(55)56)4-3-31-15-23-59-24-16-31;1-33(2)11-9-24(29(19-33)22-3-5-25(34)6-4-22)21-37-13-15-38(16-14-37)26-7-8-28(32(39)40)30(18-26)41-27-17-23-10-12-35-31(23)36-20-27;16-15(17)13-9-12(14-21(18)19)4-3-11(13)2-1-10-5-7-20-8-6-10/h5-12,14,18,25-27,29,31H,3-4,13,15-17,19-24,28,30H2,1-2H3,(H,48,49)(H,50,54);3-8,10,12,17-18,20H,9,11,13-16,19,21H2,1-2H3,(H,35,36)(H,39,40);3-4,9-10,14H,1-2,5-8H2,(H,18,19)/p-1. The summed E-state index contributed by atoms with van der Waals surface area (Å²) in [6.07, 6.45) is 19.7. The third-order valence-corrected chi connectivity index (χ3v) is 26.5. The number of benzene rings is 6. The van der Waals surface area contributed by atoms with E-state index in [1.807, 2.05) is 60.8 Å². The van der Waals surface area contributed by atoms with Gasteiger partial charge >= 0.3 is 5.97 Å². The fraction of sp³-hybridized carbons (Fsp3) is 0.391. The first-order chi connectivity index (χ1) is 59.1. The van der Waals surface area contributed by atoms with Gasteiger partial charge in [0.2, 0.25) is 0 Å². The number of nitrogens with zero attached hydrogens (tertiary/aromatic N) is 8. The van der Waals surface area contributed by atoms with Crippen LogP contribution in [0.15, 0.2) is 186 Å².